The summed E-state index contributed by atoms with van der Waals surface area (Å²) in [6.45, 7) is 4.29. The fourth-order valence-corrected chi connectivity index (χ4v) is 2.36. The van der Waals surface area contributed by atoms with Crippen LogP contribution in [0.1, 0.15) is 32.6 Å². The SMILES string of the molecule is CC1CC(NCC2CC=CC2)CCO1. The summed E-state index contributed by atoms with van der Waals surface area (Å²) in [5.41, 5.74) is 0. The van der Waals surface area contributed by atoms with E-state index in [1.54, 1.807) is 0 Å². The predicted molar refractivity (Wildman–Crippen MR) is 58.3 cm³/mol. The first-order chi connectivity index (χ1) is 6.84. The van der Waals surface area contributed by atoms with Gasteiger partial charge in [-0.2, -0.15) is 0 Å². The third-order valence-corrected chi connectivity index (χ3v) is 3.29. The van der Waals surface area contributed by atoms with Crippen molar-refractivity contribution in [3.8, 4) is 0 Å². The molecule has 2 unspecified atom stereocenters. The highest BCUT2D eigenvalue weighted by Gasteiger charge is 2.20. The van der Waals surface area contributed by atoms with Gasteiger partial charge in [-0.1, -0.05) is 12.2 Å². The van der Waals surface area contributed by atoms with Crippen molar-refractivity contribution in [1.29, 1.82) is 0 Å². The maximum Gasteiger partial charge on any atom is 0.0561 e. The van der Waals surface area contributed by atoms with E-state index in [1.807, 2.05) is 0 Å². The van der Waals surface area contributed by atoms with Gasteiger partial charge in [0.2, 0.25) is 0 Å². The Labute approximate surface area is 86.7 Å². The van der Waals surface area contributed by atoms with Gasteiger partial charge in [-0.25, -0.2) is 0 Å². The Hall–Kier alpha value is -0.340. The van der Waals surface area contributed by atoms with Crippen LogP contribution in [0.3, 0.4) is 0 Å². The molecule has 0 amide bonds. The molecule has 1 aliphatic carbocycles. The topological polar surface area (TPSA) is 21.3 Å². The summed E-state index contributed by atoms with van der Waals surface area (Å²) in [6, 6.07) is 0.694. The van der Waals surface area contributed by atoms with Gasteiger partial charge in [-0.05, 0) is 45.1 Å². The number of hydrogen-bond donors (Lipinski definition) is 1. The second kappa shape index (κ2) is 4.94. The van der Waals surface area contributed by atoms with E-state index in [0.29, 0.717) is 12.1 Å². The van der Waals surface area contributed by atoms with Gasteiger partial charge in [0, 0.05) is 12.6 Å². The van der Waals surface area contributed by atoms with E-state index in [2.05, 4.69) is 24.4 Å². The lowest BCUT2D eigenvalue weighted by molar-refractivity contribution is 0.0128. The lowest BCUT2D eigenvalue weighted by Crippen LogP contribution is -2.39. The van der Waals surface area contributed by atoms with Gasteiger partial charge in [0.25, 0.3) is 0 Å². The summed E-state index contributed by atoms with van der Waals surface area (Å²) >= 11 is 0. The van der Waals surface area contributed by atoms with Crippen molar-refractivity contribution >= 4 is 0 Å². The van der Waals surface area contributed by atoms with Crippen molar-refractivity contribution in [3.05, 3.63) is 12.2 Å². The lowest BCUT2D eigenvalue weighted by Gasteiger charge is -2.29. The van der Waals surface area contributed by atoms with Crippen molar-refractivity contribution < 1.29 is 4.74 Å². The van der Waals surface area contributed by atoms with Crippen LogP contribution in [0.25, 0.3) is 0 Å². The molecule has 2 atom stereocenters. The molecule has 0 aromatic carbocycles. The number of nitrogens with one attached hydrogen (secondary N) is 1. The Kier molecular flexibility index (Phi) is 3.60. The molecular weight excluding hydrogens is 174 g/mol. The Balaban J connectivity index is 1.64. The van der Waals surface area contributed by atoms with Crippen molar-refractivity contribution in [1.82, 2.24) is 5.32 Å². The number of rotatable bonds is 3. The molecule has 14 heavy (non-hydrogen) atoms. The minimum Gasteiger partial charge on any atom is -0.378 e. The monoisotopic (exact) mass is 195 g/mol. The maximum atomic E-state index is 5.53. The number of hydrogen-bond acceptors (Lipinski definition) is 2. The predicted octanol–water partition coefficient (Wildman–Crippen LogP) is 2.11. The molecule has 1 fully saturated rings. The summed E-state index contributed by atoms with van der Waals surface area (Å²) in [7, 11) is 0. The number of ether oxygens (including phenoxy) is 1. The highest BCUT2D eigenvalue weighted by atomic mass is 16.5. The van der Waals surface area contributed by atoms with Crippen molar-refractivity contribution in [2.75, 3.05) is 13.2 Å². The Bertz CT molecular complexity index is 194. The maximum absolute atomic E-state index is 5.53. The van der Waals surface area contributed by atoms with E-state index in [4.69, 9.17) is 4.74 Å². The van der Waals surface area contributed by atoms with Crippen LogP contribution in [-0.2, 0) is 4.74 Å². The largest absolute Gasteiger partial charge is 0.378 e. The molecule has 2 heteroatoms. The second-order valence-electron chi connectivity index (χ2n) is 4.62. The molecule has 2 nitrogen and oxygen atoms in total. The van der Waals surface area contributed by atoms with Crippen LogP contribution >= 0.6 is 0 Å². The lowest BCUT2D eigenvalue weighted by atomic mass is 10.0. The third kappa shape index (κ3) is 2.82. The normalized spacial score (nSPS) is 33.8. The van der Waals surface area contributed by atoms with Crippen LogP contribution in [0.15, 0.2) is 12.2 Å². The zero-order valence-corrected chi connectivity index (χ0v) is 9.04. The molecule has 1 N–H and O–H groups in total. The molecule has 0 aromatic rings. The van der Waals surface area contributed by atoms with Gasteiger partial charge >= 0.3 is 0 Å². The minimum atomic E-state index is 0.447. The molecule has 1 heterocycles. The summed E-state index contributed by atoms with van der Waals surface area (Å²) in [5, 5.41) is 3.67. The Morgan fingerprint density at radius 1 is 1.36 bits per heavy atom. The molecule has 0 aromatic heterocycles. The van der Waals surface area contributed by atoms with E-state index in [9.17, 15) is 0 Å². The highest BCUT2D eigenvalue weighted by molar-refractivity contribution is 4.95. The van der Waals surface area contributed by atoms with E-state index < -0.39 is 0 Å². The summed E-state index contributed by atoms with van der Waals surface area (Å²) in [6.07, 6.45) is 9.96. The first-order valence-electron chi connectivity index (χ1n) is 5.84. The zero-order valence-electron chi connectivity index (χ0n) is 9.04. The highest BCUT2D eigenvalue weighted by Crippen LogP contribution is 2.18. The van der Waals surface area contributed by atoms with Gasteiger partial charge in [0.15, 0.2) is 0 Å². The average Bonchev–Trinajstić information content (AvgIpc) is 2.67. The average molecular weight is 195 g/mol. The minimum absolute atomic E-state index is 0.447. The van der Waals surface area contributed by atoms with Crippen LogP contribution < -0.4 is 5.32 Å². The van der Waals surface area contributed by atoms with E-state index >= 15 is 0 Å². The molecule has 0 spiro atoms. The van der Waals surface area contributed by atoms with Gasteiger partial charge < -0.3 is 10.1 Å². The van der Waals surface area contributed by atoms with Gasteiger partial charge in [-0.15, -0.1) is 0 Å². The first kappa shape index (κ1) is 10.2. The van der Waals surface area contributed by atoms with Crippen LogP contribution in [0.4, 0.5) is 0 Å². The summed E-state index contributed by atoms with van der Waals surface area (Å²) in [5.74, 6) is 0.855. The number of allylic oxidation sites excluding steroid dienone is 2. The van der Waals surface area contributed by atoms with Crippen molar-refractivity contribution in [2.24, 2.45) is 5.92 Å². The fraction of sp³-hybridized carbons (Fsp3) is 0.833. The molecule has 1 aliphatic heterocycles. The first-order valence-corrected chi connectivity index (χ1v) is 5.84. The Morgan fingerprint density at radius 3 is 2.86 bits per heavy atom. The molecule has 2 aliphatic rings. The summed E-state index contributed by atoms with van der Waals surface area (Å²) in [4.78, 5) is 0. The van der Waals surface area contributed by atoms with E-state index in [0.717, 1.165) is 12.5 Å². The standard InChI is InChI=1S/C12H21NO/c1-10-8-12(6-7-14-10)13-9-11-4-2-3-5-11/h2-3,10-13H,4-9H2,1H3. The molecule has 80 valence electrons. The third-order valence-electron chi connectivity index (χ3n) is 3.29. The molecule has 0 bridgehead atoms. The fourth-order valence-electron chi connectivity index (χ4n) is 2.36. The van der Waals surface area contributed by atoms with Gasteiger partial charge in [0.05, 0.1) is 6.10 Å². The molecule has 2 rings (SSSR count). The molecule has 0 radical (unpaired) electrons. The van der Waals surface area contributed by atoms with Gasteiger partial charge in [-0.3, -0.25) is 0 Å². The van der Waals surface area contributed by atoms with Crippen molar-refractivity contribution in [3.63, 3.8) is 0 Å². The van der Waals surface area contributed by atoms with Crippen LogP contribution in [0, 0.1) is 5.92 Å². The second-order valence-corrected chi connectivity index (χ2v) is 4.62. The van der Waals surface area contributed by atoms with Crippen LogP contribution in [0.5, 0.6) is 0 Å². The Morgan fingerprint density at radius 2 is 2.14 bits per heavy atom. The van der Waals surface area contributed by atoms with E-state index in [-0.39, 0.29) is 0 Å². The smallest absolute Gasteiger partial charge is 0.0561 e. The quantitative estimate of drug-likeness (QED) is 0.696. The molecular formula is C12H21NO. The molecule has 1 saturated heterocycles. The summed E-state index contributed by atoms with van der Waals surface area (Å²) < 4.78 is 5.53. The molecule has 0 saturated carbocycles. The van der Waals surface area contributed by atoms with Crippen LogP contribution in [-0.4, -0.2) is 25.3 Å². The van der Waals surface area contributed by atoms with E-state index in [1.165, 1.54) is 32.2 Å². The zero-order chi connectivity index (χ0) is 9.80. The van der Waals surface area contributed by atoms with Gasteiger partial charge in [0.1, 0.15) is 0 Å². The van der Waals surface area contributed by atoms with Crippen LogP contribution in [0.2, 0.25) is 0 Å². The van der Waals surface area contributed by atoms with Crippen molar-refractivity contribution in [2.45, 2.75) is 44.8 Å².